The van der Waals surface area contributed by atoms with Gasteiger partial charge in [-0.2, -0.15) is 0 Å². The topological polar surface area (TPSA) is 67.9 Å². The quantitative estimate of drug-likeness (QED) is 0.822. The van der Waals surface area contributed by atoms with Gasteiger partial charge in [0.05, 0.1) is 11.1 Å². The van der Waals surface area contributed by atoms with Gasteiger partial charge in [0.15, 0.2) is 0 Å². The second-order valence-corrected chi connectivity index (χ2v) is 4.35. The summed E-state index contributed by atoms with van der Waals surface area (Å²) in [5.74, 6) is -0.875. The molecule has 1 aromatic rings. The van der Waals surface area contributed by atoms with Gasteiger partial charge in [-0.3, -0.25) is 24.7 Å². The number of hydrogen-bond donors (Lipinski definition) is 1. The lowest BCUT2D eigenvalue weighted by Gasteiger charge is -2.15. The van der Waals surface area contributed by atoms with Crippen molar-refractivity contribution in [3.8, 4) is 0 Å². The van der Waals surface area contributed by atoms with Crippen LogP contribution in [-0.2, 0) is 9.68 Å². The largest absolute Gasteiger partial charge is 0.285 e. The Morgan fingerprint density at radius 3 is 2.42 bits per heavy atom. The zero-order chi connectivity index (χ0) is 13.4. The van der Waals surface area contributed by atoms with E-state index in [0.717, 1.165) is 10.8 Å². The fourth-order valence-corrected chi connectivity index (χ4v) is 2.03. The van der Waals surface area contributed by atoms with Gasteiger partial charge in [-0.05, 0) is 25.1 Å². The predicted molar refractivity (Wildman–Crippen MR) is 64.7 cm³/mol. The van der Waals surface area contributed by atoms with Crippen molar-refractivity contribution in [2.45, 2.75) is 13.0 Å². The molecule has 98 valence electrons. The average Bonchev–Trinajstić information content (AvgIpc) is 2.93. The van der Waals surface area contributed by atoms with E-state index in [-0.39, 0.29) is 12.7 Å². The molecule has 2 heterocycles. The summed E-state index contributed by atoms with van der Waals surface area (Å²) in [5, 5.41) is 0.787. The Hall–Kier alpha value is -2.18. The number of imide groups is 1. The van der Waals surface area contributed by atoms with Crippen LogP contribution >= 0.6 is 0 Å². The highest BCUT2D eigenvalue weighted by Crippen LogP contribution is 2.23. The highest BCUT2D eigenvalue weighted by Gasteiger charge is 2.37. The molecule has 0 spiro atoms. The monoisotopic (exact) mass is 260 g/mol. The van der Waals surface area contributed by atoms with Gasteiger partial charge in [-0.1, -0.05) is 12.1 Å². The molecule has 1 aromatic carbocycles. The standard InChI is InChI=1S/C13H12N2O4/c1-8-6-9(19-14-8)7-18-15-12(16)10-4-2-3-5-11(10)13(15)17/h2-6,9,14H,7H2,1H3. The molecular weight excluding hydrogens is 248 g/mol. The summed E-state index contributed by atoms with van der Waals surface area (Å²) in [6.45, 7) is 1.94. The highest BCUT2D eigenvalue weighted by atomic mass is 16.7. The molecule has 0 saturated heterocycles. The molecule has 0 aliphatic carbocycles. The number of nitrogens with zero attached hydrogens (tertiary/aromatic N) is 1. The molecule has 6 heteroatoms. The molecule has 19 heavy (non-hydrogen) atoms. The zero-order valence-corrected chi connectivity index (χ0v) is 10.3. The van der Waals surface area contributed by atoms with Gasteiger partial charge in [-0.25, -0.2) is 0 Å². The molecule has 0 aromatic heterocycles. The van der Waals surface area contributed by atoms with Crippen LogP contribution in [0.3, 0.4) is 0 Å². The number of hydroxylamine groups is 3. The first-order chi connectivity index (χ1) is 9.16. The van der Waals surface area contributed by atoms with Crippen molar-refractivity contribution in [1.29, 1.82) is 0 Å². The maximum atomic E-state index is 12.0. The summed E-state index contributed by atoms with van der Waals surface area (Å²) in [4.78, 5) is 34.4. The molecule has 1 atom stereocenters. The number of benzene rings is 1. The van der Waals surface area contributed by atoms with Crippen LogP contribution in [0.1, 0.15) is 27.6 Å². The van der Waals surface area contributed by atoms with E-state index in [1.807, 2.05) is 13.0 Å². The Bertz CT molecular complexity index is 547. The van der Waals surface area contributed by atoms with E-state index < -0.39 is 11.8 Å². The number of nitrogens with one attached hydrogen (secondary N) is 1. The van der Waals surface area contributed by atoms with Crippen molar-refractivity contribution in [2.24, 2.45) is 0 Å². The van der Waals surface area contributed by atoms with Gasteiger partial charge >= 0.3 is 0 Å². The molecule has 0 radical (unpaired) electrons. The molecule has 0 saturated carbocycles. The van der Waals surface area contributed by atoms with Gasteiger partial charge in [0, 0.05) is 5.70 Å². The van der Waals surface area contributed by atoms with Crippen LogP contribution in [0.2, 0.25) is 0 Å². The minimum Gasteiger partial charge on any atom is -0.271 e. The SMILES string of the molecule is CC1=CC(CON2C(=O)c3ccccc3C2=O)ON1. The molecule has 2 aliphatic heterocycles. The van der Waals surface area contributed by atoms with E-state index in [1.165, 1.54) is 0 Å². The van der Waals surface area contributed by atoms with Crippen molar-refractivity contribution in [1.82, 2.24) is 10.5 Å². The van der Waals surface area contributed by atoms with Gasteiger partial charge in [-0.15, -0.1) is 5.06 Å². The molecule has 0 bridgehead atoms. The number of hydrogen-bond acceptors (Lipinski definition) is 5. The molecule has 6 nitrogen and oxygen atoms in total. The molecular formula is C13H12N2O4. The summed E-state index contributed by atoms with van der Waals surface area (Å²) in [7, 11) is 0. The van der Waals surface area contributed by atoms with Crippen molar-refractivity contribution >= 4 is 11.8 Å². The van der Waals surface area contributed by atoms with Crippen LogP contribution < -0.4 is 5.48 Å². The fourth-order valence-electron chi connectivity index (χ4n) is 2.03. The third kappa shape index (κ3) is 2.00. The molecule has 1 unspecified atom stereocenters. The molecule has 3 rings (SSSR count). The van der Waals surface area contributed by atoms with E-state index in [9.17, 15) is 9.59 Å². The summed E-state index contributed by atoms with van der Waals surface area (Å²) in [6.07, 6.45) is 1.50. The Kier molecular flexibility index (Phi) is 2.81. The highest BCUT2D eigenvalue weighted by molar-refractivity contribution is 6.20. The lowest BCUT2D eigenvalue weighted by Crippen LogP contribution is -2.33. The summed E-state index contributed by atoms with van der Waals surface area (Å²) in [5.41, 5.74) is 4.28. The van der Waals surface area contributed by atoms with Crippen molar-refractivity contribution < 1.29 is 19.3 Å². The normalized spacial score (nSPS) is 21.4. The lowest BCUT2D eigenvalue weighted by atomic mass is 10.1. The first-order valence-electron chi connectivity index (χ1n) is 5.87. The summed E-state index contributed by atoms with van der Waals surface area (Å²) < 4.78 is 0. The van der Waals surface area contributed by atoms with E-state index >= 15 is 0 Å². The van der Waals surface area contributed by atoms with E-state index in [1.54, 1.807) is 24.3 Å². The third-order valence-corrected chi connectivity index (χ3v) is 2.93. The first kappa shape index (κ1) is 11.9. The van der Waals surface area contributed by atoms with Crippen LogP contribution in [-0.4, -0.2) is 29.6 Å². The maximum Gasteiger partial charge on any atom is 0.285 e. The van der Waals surface area contributed by atoms with Crippen molar-refractivity contribution in [2.75, 3.05) is 6.61 Å². The minimum absolute atomic E-state index is 0.0931. The summed E-state index contributed by atoms with van der Waals surface area (Å²) in [6, 6.07) is 6.64. The number of carbonyl (C=O) groups excluding carboxylic acids is 2. The fraction of sp³-hybridized carbons (Fsp3) is 0.231. The smallest absolute Gasteiger partial charge is 0.271 e. The second kappa shape index (κ2) is 4.49. The van der Waals surface area contributed by atoms with Crippen LogP contribution in [0.4, 0.5) is 0 Å². The number of allylic oxidation sites excluding steroid dienone is 1. The molecule has 1 N–H and O–H groups in total. The second-order valence-electron chi connectivity index (χ2n) is 4.35. The predicted octanol–water partition coefficient (Wildman–Crippen LogP) is 1.02. The van der Waals surface area contributed by atoms with Crippen LogP contribution in [0.25, 0.3) is 0 Å². The number of amides is 2. The minimum atomic E-state index is -0.438. The van der Waals surface area contributed by atoms with Gasteiger partial charge in [0.2, 0.25) is 0 Å². The van der Waals surface area contributed by atoms with Crippen LogP contribution in [0.15, 0.2) is 36.0 Å². The molecule has 2 aliphatic rings. The number of carbonyl (C=O) groups is 2. The Balaban J connectivity index is 1.71. The number of fused-ring (bicyclic) bond motifs is 1. The van der Waals surface area contributed by atoms with Crippen LogP contribution in [0, 0.1) is 0 Å². The Labute approximate surface area is 109 Å². The van der Waals surface area contributed by atoms with Gasteiger partial charge < -0.3 is 0 Å². The maximum absolute atomic E-state index is 12.0. The lowest BCUT2D eigenvalue weighted by molar-refractivity contribution is -0.122. The Morgan fingerprint density at radius 1 is 1.26 bits per heavy atom. The molecule has 2 amide bonds. The van der Waals surface area contributed by atoms with E-state index in [0.29, 0.717) is 11.1 Å². The Morgan fingerprint density at radius 2 is 1.89 bits per heavy atom. The summed E-state index contributed by atoms with van der Waals surface area (Å²) >= 11 is 0. The first-order valence-corrected chi connectivity index (χ1v) is 5.87. The van der Waals surface area contributed by atoms with Gasteiger partial charge in [0.1, 0.15) is 12.7 Å². The average molecular weight is 260 g/mol. The van der Waals surface area contributed by atoms with E-state index in [2.05, 4.69) is 5.48 Å². The van der Waals surface area contributed by atoms with Crippen molar-refractivity contribution in [3.63, 3.8) is 0 Å². The van der Waals surface area contributed by atoms with Gasteiger partial charge in [0.25, 0.3) is 11.8 Å². The zero-order valence-electron chi connectivity index (χ0n) is 10.3. The van der Waals surface area contributed by atoms with Crippen molar-refractivity contribution in [3.05, 3.63) is 47.2 Å². The third-order valence-electron chi connectivity index (χ3n) is 2.93. The van der Waals surface area contributed by atoms with Crippen LogP contribution in [0.5, 0.6) is 0 Å². The number of rotatable bonds is 3. The molecule has 0 fully saturated rings. The van der Waals surface area contributed by atoms with E-state index in [4.69, 9.17) is 9.68 Å².